The first-order valence-corrected chi connectivity index (χ1v) is 4.82. The summed E-state index contributed by atoms with van der Waals surface area (Å²) in [6.45, 7) is 2.45. The lowest BCUT2D eigenvalue weighted by Crippen LogP contribution is -2.03. The molecular formula is C11H17NO3. The first-order valence-electron chi connectivity index (χ1n) is 4.82. The predicted molar refractivity (Wildman–Crippen MR) is 57.9 cm³/mol. The maximum Gasteiger partial charge on any atom is 0.161 e. The van der Waals surface area contributed by atoms with E-state index in [9.17, 15) is 0 Å². The van der Waals surface area contributed by atoms with Crippen LogP contribution in [-0.4, -0.2) is 14.2 Å². The minimum atomic E-state index is 0.378. The molecule has 0 aliphatic heterocycles. The number of benzene rings is 1. The average Bonchev–Trinajstić information content (AvgIpc) is 2.28. The summed E-state index contributed by atoms with van der Waals surface area (Å²) in [6, 6.07) is 3.84. The number of methoxy groups -OCH3 is 2. The van der Waals surface area contributed by atoms with Crippen molar-refractivity contribution >= 4 is 0 Å². The highest BCUT2D eigenvalue weighted by Gasteiger charge is 2.09. The van der Waals surface area contributed by atoms with E-state index >= 15 is 0 Å². The SMILES string of the molecule is CCc1cc(OC)c(OC)cc1CON. The summed E-state index contributed by atoms with van der Waals surface area (Å²) in [5.74, 6) is 6.50. The molecule has 1 aromatic rings. The number of ether oxygens (including phenoxy) is 2. The molecule has 4 nitrogen and oxygen atoms in total. The van der Waals surface area contributed by atoms with Crippen molar-refractivity contribution < 1.29 is 14.3 Å². The van der Waals surface area contributed by atoms with Crippen molar-refractivity contribution in [1.82, 2.24) is 0 Å². The molecule has 0 fully saturated rings. The maximum absolute atomic E-state index is 5.21. The third-order valence-electron chi connectivity index (χ3n) is 2.33. The van der Waals surface area contributed by atoms with E-state index in [0.717, 1.165) is 23.3 Å². The monoisotopic (exact) mass is 211 g/mol. The maximum atomic E-state index is 5.21. The second-order valence-corrected chi connectivity index (χ2v) is 3.14. The van der Waals surface area contributed by atoms with E-state index < -0.39 is 0 Å². The number of rotatable bonds is 5. The summed E-state index contributed by atoms with van der Waals surface area (Å²) in [5, 5.41) is 0. The van der Waals surface area contributed by atoms with Gasteiger partial charge in [-0.25, -0.2) is 5.90 Å². The van der Waals surface area contributed by atoms with E-state index in [1.807, 2.05) is 12.1 Å². The van der Waals surface area contributed by atoms with Gasteiger partial charge >= 0.3 is 0 Å². The molecule has 0 heterocycles. The largest absolute Gasteiger partial charge is 0.493 e. The topological polar surface area (TPSA) is 53.7 Å². The Balaban J connectivity index is 3.15. The molecular weight excluding hydrogens is 194 g/mol. The zero-order valence-corrected chi connectivity index (χ0v) is 9.37. The van der Waals surface area contributed by atoms with E-state index in [4.69, 9.17) is 15.4 Å². The molecule has 1 aromatic carbocycles. The molecule has 15 heavy (non-hydrogen) atoms. The summed E-state index contributed by atoms with van der Waals surface area (Å²) >= 11 is 0. The summed E-state index contributed by atoms with van der Waals surface area (Å²) in [6.07, 6.45) is 0.902. The van der Waals surface area contributed by atoms with Gasteiger partial charge in [-0.15, -0.1) is 0 Å². The molecule has 0 aromatic heterocycles. The highest BCUT2D eigenvalue weighted by atomic mass is 16.6. The first-order chi connectivity index (χ1) is 7.26. The van der Waals surface area contributed by atoms with Crippen molar-refractivity contribution in [2.45, 2.75) is 20.0 Å². The van der Waals surface area contributed by atoms with E-state index in [-0.39, 0.29) is 0 Å². The molecule has 0 saturated heterocycles. The van der Waals surface area contributed by atoms with E-state index in [0.29, 0.717) is 12.4 Å². The fourth-order valence-corrected chi connectivity index (χ4v) is 1.52. The van der Waals surface area contributed by atoms with Gasteiger partial charge in [0.05, 0.1) is 20.8 Å². The quantitative estimate of drug-likeness (QED) is 0.752. The summed E-state index contributed by atoms with van der Waals surface area (Å²) in [4.78, 5) is 4.65. The van der Waals surface area contributed by atoms with E-state index in [1.54, 1.807) is 14.2 Å². The highest BCUT2D eigenvalue weighted by Crippen LogP contribution is 2.30. The smallest absolute Gasteiger partial charge is 0.161 e. The number of hydrogen-bond acceptors (Lipinski definition) is 4. The average molecular weight is 211 g/mol. The van der Waals surface area contributed by atoms with Gasteiger partial charge in [0, 0.05) is 0 Å². The van der Waals surface area contributed by atoms with Crippen LogP contribution in [0.25, 0.3) is 0 Å². The fourth-order valence-electron chi connectivity index (χ4n) is 1.52. The van der Waals surface area contributed by atoms with E-state index in [1.165, 1.54) is 0 Å². The minimum Gasteiger partial charge on any atom is -0.493 e. The van der Waals surface area contributed by atoms with Crippen LogP contribution >= 0.6 is 0 Å². The summed E-state index contributed by atoms with van der Waals surface area (Å²) in [7, 11) is 3.23. The first kappa shape index (κ1) is 11.8. The number of nitrogens with two attached hydrogens (primary N) is 1. The van der Waals surface area contributed by atoms with Crippen molar-refractivity contribution in [3.63, 3.8) is 0 Å². The second kappa shape index (κ2) is 5.58. The number of hydrogen-bond donors (Lipinski definition) is 1. The molecule has 0 bridgehead atoms. The third-order valence-corrected chi connectivity index (χ3v) is 2.33. The van der Waals surface area contributed by atoms with Crippen LogP contribution in [-0.2, 0) is 17.9 Å². The lowest BCUT2D eigenvalue weighted by Gasteiger charge is -2.13. The van der Waals surface area contributed by atoms with Gasteiger partial charge in [-0.3, -0.25) is 4.84 Å². The zero-order valence-electron chi connectivity index (χ0n) is 9.37. The van der Waals surface area contributed by atoms with Gasteiger partial charge in [-0.05, 0) is 29.7 Å². The standard InChI is InChI=1S/C11H17NO3/c1-4-8-5-10(13-2)11(14-3)6-9(8)7-15-12/h5-6H,4,7,12H2,1-3H3. The molecule has 0 amide bonds. The van der Waals surface area contributed by atoms with Crippen LogP contribution in [0.4, 0.5) is 0 Å². The highest BCUT2D eigenvalue weighted by molar-refractivity contribution is 5.47. The molecule has 0 aliphatic rings. The second-order valence-electron chi connectivity index (χ2n) is 3.14. The van der Waals surface area contributed by atoms with Gasteiger partial charge in [-0.2, -0.15) is 0 Å². The third kappa shape index (κ3) is 2.61. The molecule has 0 saturated carbocycles. The van der Waals surface area contributed by atoms with E-state index in [2.05, 4.69) is 11.8 Å². The van der Waals surface area contributed by atoms with Crippen LogP contribution in [0.2, 0.25) is 0 Å². The Morgan fingerprint density at radius 1 is 1.07 bits per heavy atom. The minimum absolute atomic E-state index is 0.378. The van der Waals surface area contributed by atoms with Crippen LogP contribution in [0.15, 0.2) is 12.1 Å². The fraction of sp³-hybridized carbons (Fsp3) is 0.455. The van der Waals surface area contributed by atoms with Gasteiger partial charge in [0.25, 0.3) is 0 Å². The molecule has 0 unspecified atom stereocenters. The number of aryl methyl sites for hydroxylation is 1. The lowest BCUT2D eigenvalue weighted by molar-refractivity contribution is 0.123. The van der Waals surface area contributed by atoms with Gasteiger partial charge < -0.3 is 9.47 Å². The Bertz CT molecular complexity index is 326. The van der Waals surface area contributed by atoms with Crippen molar-refractivity contribution in [2.24, 2.45) is 5.90 Å². The molecule has 2 N–H and O–H groups in total. The van der Waals surface area contributed by atoms with Crippen molar-refractivity contribution in [1.29, 1.82) is 0 Å². The van der Waals surface area contributed by atoms with Gasteiger partial charge in [0.1, 0.15) is 0 Å². The van der Waals surface area contributed by atoms with Crippen molar-refractivity contribution in [2.75, 3.05) is 14.2 Å². The van der Waals surface area contributed by atoms with Crippen molar-refractivity contribution in [3.8, 4) is 11.5 Å². The Kier molecular flexibility index (Phi) is 4.39. The van der Waals surface area contributed by atoms with Crippen LogP contribution in [0.1, 0.15) is 18.1 Å². The lowest BCUT2D eigenvalue weighted by atomic mass is 10.0. The zero-order chi connectivity index (χ0) is 11.3. The molecule has 84 valence electrons. The molecule has 0 aliphatic carbocycles. The molecule has 0 radical (unpaired) electrons. The normalized spacial score (nSPS) is 10.1. The molecule has 1 rings (SSSR count). The van der Waals surface area contributed by atoms with Crippen molar-refractivity contribution in [3.05, 3.63) is 23.3 Å². The van der Waals surface area contributed by atoms with Gasteiger partial charge in [-0.1, -0.05) is 6.92 Å². The predicted octanol–water partition coefficient (Wildman–Crippen LogP) is 1.66. The van der Waals surface area contributed by atoms with Crippen LogP contribution in [0.3, 0.4) is 0 Å². The Morgan fingerprint density at radius 3 is 2.00 bits per heavy atom. The van der Waals surface area contributed by atoms with Crippen LogP contribution in [0, 0.1) is 0 Å². The van der Waals surface area contributed by atoms with Gasteiger partial charge in [0.15, 0.2) is 11.5 Å². The molecule has 4 heteroatoms. The summed E-state index contributed by atoms with van der Waals surface area (Å²) < 4.78 is 10.4. The summed E-state index contributed by atoms with van der Waals surface area (Å²) in [5.41, 5.74) is 2.18. The Labute approximate surface area is 89.9 Å². The Hall–Kier alpha value is -1.26. The molecule has 0 atom stereocenters. The van der Waals surface area contributed by atoms with Gasteiger partial charge in [0.2, 0.25) is 0 Å². The Morgan fingerprint density at radius 2 is 1.60 bits per heavy atom. The van der Waals surface area contributed by atoms with Crippen LogP contribution < -0.4 is 15.4 Å². The van der Waals surface area contributed by atoms with Crippen LogP contribution in [0.5, 0.6) is 11.5 Å². The molecule has 0 spiro atoms.